The van der Waals surface area contributed by atoms with Gasteiger partial charge in [-0.3, -0.25) is 4.90 Å². The zero-order chi connectivity index (χ0) is 13.0. The summed E-state index contributed by atoms with van der Waals surface area (Å²) >= 11 is 0. The Kier molecular flexibility index (Phi) is 4.41. The summed E-state index contributed by atoms with van der Waals surface area (Å²) in [7, 11) is 0. The lowest BCUT2D eigenvalue weighted by Crippen LogP contribution is -2.52. The fourth-order valence-electron chi connectivity index (χ4n) is 3.17. The van der Waals surface area contributed by atoms with E-state index in [1.165, 1.54) is 24.9 Å². The van der Waals surface area contributed by atoms with Gasteiger partial charge in [-0.1, -0.05) is 30.3 Å². The summed E-state index contributed by atoms with van der Waals surface area (Å²) < 4.78 is 0. The summed E-state index contributed by atoms with van der Waals surface area (Å²) in [6.45, 7) is 7.16. The molecule has 2 nitrogen and oxygen atoms in total. The number of hydrogen-bond donors (Lipinski definition) is 1. The van der Waals surface area contributed by atoms with Gasteiger partial charge in [-0.05, 0) is 51.1 Å². The third kappa shape index (κ3) is 2.93. The fourth-order valence-corrected chi connectivity index (χ4v) is 3.17. The molecule has 0 aromatic heterocycles. The van der Waals surface area contributed by atoms with E-state index in [2.05, 4.69) is 49.1 Å². The van der Waals surface area contributed by atoms with E-state index < -0.39 is 0 Å². The van der Waals surface area contributed by atoms with Crippen molar-refractivity contribution in [2.45, 2.75) is 45.2 Å². The molecule has 0 bridgehead atoms. The standard InChI is InChI=1S/C16H25NO/c1-16(2)15(10-12-18)9-6-11-17(16)13-14-7-4-3-5-8-14/h3-5,7-8,15,18H,6,9-13H2,1-2H3. The van der Waals surface area contributed by atoms with Crippen LogP contribution in [-0.4, -0.2) is 28.7 Å². The Morgan fingerprint density at radius 2 is 2.00 bits per heavy atom. The van der Waals surface area contributed by atoms with Gasteiger partial charge in [-0.2, -0.15) is 0 Å². The summed E-state index contributed by atoms with van der Waals surface area (Å²) in [6.07, 6.45) is 3.43. The van der Waals surface area contributed by atoms with E-state index in [-0.39, 0.29) is 5.54 Å². The molecule has 1 N–H and O–H groups in total. The van der Waals surface area contributed by atoms with Crippen LogP contribution in [0.1, 0.15) is 38.7 Å². The normalized spacial score (nSPS) is 24.1. The van der Waals surface area contributed by atoms with Crippen LogP contribution in [0, 0.1) is 5.92 Å². The highest BCUT2D eigenvalue weighted by atomic mass is 16.3. The molecule has 100 valence electrons. The Bertz CT molecular complexity index is 359. The molecule has 1 saturated heterocycles. The summed E-state index contributed by atoms with van der Waals surface area (Å²) in [4.78, 5) is 2.58. The predicted molar refractivity (Wildman–Crippen MR) is 75.4 cm³/mol. The van der Waals surface area contributed by atoms with Gasteiger partial charge in [0.05, 0.1) is 0 Å². The highest BCUT2D eigenvalue weighted by Crippen LogP contribution is 2.36. The van der Waals surface area contributed by atoms with Crippen molar-refractivity contribution in [3.05, 3.63) is 35.9 Å². The lowest BCUT2D eigenvalue weighted by Gasteiger charge is -2.48. The molecule has 0 saturated carbocycles. The van der Waals surface area contributed by atoms with Gasteiger partial charge in [0.2, 0.25) is 0 Å². The molecule has 2 heteroatoms. The first-order chi connectivity index (χ1) is 8.64. The summed E-state index contributed by atoms with van der Waals surface area (Å²) in [5.74, 6) is 0.611. The summed E-state index contributed by atoms with van der Waals surface area (Å²) in [5, 5.41) is 9.21. The third-order valence-corrected chi connectivity index (χ3v) is 4.49. The number of hydrogen-bond acceptors (Lipinski definition) is 2. The molecule has 1 fully saturated rings. The average molecular weight is 247 g/mol. The van der Waals surface area contributed by atoms with Crippen molar-refractivity contribution in [2.75, 3.05) is 13.2 Å². The number of aliphatic hydroxyl groups is 1. The Morgan fingerprint density at radius 3 is 2.67 bits per heavy atom. The topological polar surface area (TPSA) is 23.5 Å². The second-order valence-corrected chi connectivity index (χ2v) is 5.91. The maximum Gasteiger partial charge on any atom is 0.0434 e. The number of piperidine rings is 1. The first-order valence-corrected chi connectivity index (χ1v) is 7.04. The quantitative estimate of drug-likeness (QED) is 0.884. The van der Waals surface area contributed by atoms with Gasteiger partial charge in [-0.25, -0.2) is 0 Å². The molecular weight excluding hydrogens is 222 g/mol. The monoisotopic (exact) mass is 247 g/mol. The zero-order valence-electron chi connectivity index (χ0n) is 11.6. The first-order valence-electron chi connectivity index (χ1n) is 7.04. The molecule has 2 rings (SSSR count). The second-order valence-electron chi connectivity index (χ2n) is 5.91. The number of nitrogens with zero attached hydrogens (tertiary/aromatic N) is 1. The van der Waals surface area contributed by atoms with Crippen LogP contribution >= 0.6 is 0 Å². The van der Waals surface area contributed by atoms with Crippen LogP contribution in [0.4, 0.5) is 0 Å². The lowest BCUT2D eigenvalue weighted by atomic mass is 9.77. The molecule has 0 aliphatic carbocycles. The van der Waals surface area contributed by atoms with Crippen LogP contribution in [0.3, 0.4) is 0 Å². The minimum Gasteiger partial charge on any atom is -0.396 e. The smallest absolute Gasteiger partial charge is 0.0434 e. The lowest BCUT2D eigenvalue weighted by molar-refractivity contribution is 0.00467. The van der Waals surface area contributed by atoms with Crippen molar-refractivity contribution >= 4 is 0 Å². The van der Waals surface area contributed by atoms with Gasteiger partial charge in [0.1, 0.15) is 0 Å². The zero-order valence-corrected chi connectivity index (χ0v) is 11.6. The van der Waals surface area contributed by atoms with Gasteiger partial charge in [0, 0.05) is 18.7 Å². The molecule has 0 radical (unpaired) electrons. The fraction of sp³-hybridized carbons (Fsp3) is 0.625. The van der Waals surface area contributed by atoms with Crippen LogP contribution in [0.25, 0.3) is 0 Å². The molecule has 0 spiro atoms. The first kappa shape index (κ1) is 13.6. The molecule has 1 aliphatic rings. The molecule has 1 atom stereocenters. The Hall–Kier alpha value is -0.860. The molecule has 1 aromatic carbocycles. The summed E-state index contributed by atoms with van der Waals surface area (Å²) in [5.41, 5.74) is 1.58. The van der Waals surface area contributed by atoms with Gasteiger partial charge in [0.25, 0.3) is 0 Å². The molecule has 1 heterocycles. The van der Waals surface area contributed by atoms with E-state index in [0.717, 1.165) is 13.0 Å². The van der Waals surface area contributed by atoms with E-state index in [0.29, 0.717) is 12.5 Å². The maximum atomic E-state index is 9.21. The number of rotatable bonds is 4. The maximum absolute atomic E-state index is 9.21. The molecule has 1 aromatic rings. The van der Waals surface area contributed by atoms with Gasteiger partial charge in [-0.15, -0.1) is 0 Å². The predicted octanol–water partition coefficient (Wildman–Crippen LogP) is 3.06. The number of likely N-dealkylation sites (tertiary alicyclic amines) is 1. The van der Waals surface area contributed by atoms with Crippen molar-refractivity contribution in [1.29, 1.82) is 0 Å². The van der Waals surface area contributed by atoms with Crippen LogP contribution in [0.5, 0.6) is 0 Å². The van der Waals surface area contributed by atoms with Crippen molar-refractivity contribution in [3.63, 3.8) is 0 Å². The minimum absolute atomic E-state index is 0.191. The Balaban J connectivity index is 2.07. The van der Waals surface area contributed by atoms with Gasteiger partial charge >= 0.3 is 0 Å². The second kappa shape index (κ2) is 5.85. The Labute approximate surface area is 111 Å². The van der Waals surface area contributed by atoms with Crippen molar-refractivity contribution in [3.8, 4) is 0 Å². The molecule has 1 unspecified atom stereocenters. The molecule has 1 aliphatic heterocycles. The van der Waals surface area contributed by atoms with Crippen molar-refractivity contribution in [2.24, 2.45) is 5.92 Å². The van der Waals surface area contributed by atoms with E-state index in [1.807, 2.05) is 0 Å². The molecular formula is C16H25NO. The Morgan fingerprint density at radius 1 is 1.28 bits per heavy atom. The van der Waals surface area contributed by atoms with Crippen LogP contribution in [0.15, 0.2) is 30.3 Å². The van der Waals surface area contributed by atoms with Crippen molar-refractivity contribution < 1.29 is 5.11 Å². The van der Waals surface area contributed by atoms with Gasteiger partial charge in [0.15, 0.2) is 0 Å². The van der Waals surface area contributed by atoms with Crippen LogP contribution < -0.4 is 0 Å². The van der Waals surface area contributed by atoms with E-state index >= 15 is 0 Å². The molecule has 0 amide bonds. The SMILES string of the molecule is CC1(C)C(CCO)CCCN1Cc1ccccc1. The molecule has 18 heavy (non-hydrogen) atoms. The van der Waals surface area contributed by atoms with Crippen LogP contribution in [0.2, 0.25) is 0 Å². The van der Waals surface area contributed by atoms with Crippen LogP contribution in [-0.2, 0) is 6.54 Å². The highest BCUT2D eigenvalue weighted by molar-refractivity contribution is 5.15. The third-order valence-electron chi connectivity index (χ3n) is 4.49. The minimum atomic E-state index is 0.191. The van der Waals surface area contributed by atoms with Gasteiger partial charge < -0.3 is 5.11 Å². The highest BCUT2D eigenvalue weighted by Gasteiger charge is 2.37. The van der Waals surface area contributed by atoms with E-state index in [4.69, 9.17) is 0 Å². The largest absolute Gasteiger partial charge is 0.396 e. The average Bonchev–Trinajstić information content (AvgIpc) is 2.36. The number of benzene rings is 1. The number of aliphatic hydroxyl groups excluding tert-OH is 1. The van der Waals surface area contributed by atoms with E-state index in [9.17, 15) is 5.11 Å². The van der Waals surface area contributed by atoms with Crippen molar-refractivity contribution in [1.82, 2.24) is 4.90 Å². The summed E-state index contributed by atoms with van der Waals surface area (Å²) in [6, 6.07) is 10.7. The van der Waals surface area contributed by atoms with E-state index in [1.54, 1.807) is 0 Å².